The zero-order chi connectivity index (χ0) is 21.1. The lowest BCUT2D eigenvalue weighted by molar-refractivity contribution is 0.0970. The summed E-state index contributed by atoms with van der Waals surface area (Å²) in [7, 11) is 2.08. The summed E-state index contributed by atoms with van der Waals surface area (Å²) < 4.78 is 7.07. The Morgan fingerprint density at radius 2 is 2.00 bits per heavy atom. The van der Waals surface area contributed by atoms with Crippen molar-refractivity contribution in [2.45, 2.75) is 33.0 Å². The molecule has 0 saturated carbocycles. The van der Waals surface area contributed by atoms with Crippen molar-refractivity contribution in [3.05, 3.63) is 93.2 Å². The van der Waals surface area contributed by atoms with Crippen LogP contribution in [0.25, 0.3) is 0 Å². The van der Waals surface area contributed by atoms with Gasteiger partial charge in [0.15, 0.2) is 5.78 Å². The van der Waals surface area contributed by atoms with Gasteiger partial charge < -0.3 is 14.2 Å². The molecule has 0 fully saturated rings. The van der Waals surface area contributed by atoms with Crippen LogP contribution in [0.2, 0.25) is 0 Å². The van der Waals surface area contributed by atoms with E-state index >= 15 is 0 Å². The molecular formula is C24H25N3O3. The number of aryl methyl sites for hydroxylation is 1. The Morgan fingerprint density at radius 1 is 1.13 bits per heavy atom. The molecule has 0 amide bonds. The van der Waals surface area contributed by atoms with E-state index < -0.39 is 0 Å². The predicted molar refractivity (Wildman–Crippen MR) is 115 cm³/mol. The van der Waals surface area contributed by atoms with Crippen molar-refractivity contribution in [1.82, 2.24) is 14.5 Å². The van der Waals surface area contributed by atoms with Crippen LogP contribution in [-0.4, -0.2) is 33.8 Å². The Labute approximate surface area is 175 Å². The van der Waals surface area contributed by atoms with Crippen molar-refractivity contribution < 1.29 is 9.53 Å². The first kappa shape index (κ1) is 20.0. The molecule has 0 aliphatic carbocycles. The van der Waals surface area contributed by atoms with Gasteiger partial charge >= 0.3 is 0 Å². The number of rotatable bonds is 6. The zero-order valence-electron chi connectivity index (χ0n) is 17.3. The van der Waals surface area contributed by atoms with Crippen molar-refractivity contribution >= 4 is 5.78 Å². The van der Waals surface area contributed by atoms with Crippen LogP contribution in [0.3, 0.4) is 0 Å². The number of likely N-dealkylation sites (N-methyl/N-ethyl adjacent to an activating group) is 1. The Morgan fingerprint density at radius 3 is 2.77 bits per heavy atom. The van der Waals surface area contributed by atoms with E-state index in [4.69, 9.17) is 4.74 Å². The molecule has 3 heterocycles. The highest BCUT2D eigenvalue weighted by atomic mass is 16.5. The van der Waals surface area contributed by atoms with Gasteiger partial charge in [0.25, 0.3) is 5.56 Å². The molecule has 3 aromatic rings. The molecule has 154 valence electrons. The van der Waals surface area contributed by atoms with Crippen molar-refractivity contribution in [1.29, 1.82) is 0 Å². The van der Waals surface area contributed by atoms with Gasteiger partial charge in [-0.1, -0.05) is 18.2 Å². The van der Waals surface area contributed by atoms with Gasteiger partial charge in [-0.15, -0.1) is 0 Å². The van der Waals surface area contributed by atoms with E-state index in [1.54, 1.807) is 18.5 Å². The van der Waals surface area contributed by atoms with Gasteiger partial charge in [0.05, 0.1) is 12.2 Å². The molecule has 0 radical (unpaired) electrons. The molecule has 0 N–H and O–H groups in total. The van der Waals surface area contributed by atoms with Gasteiger partial charge in [0.2, 0.25) is 0 Å². The minimum Gasteiger partial charge on any atom is -0.487 e. The molecule has 0 unspecified atom stereocenters. The summed E-state index contributed by atoms with van der Waals surface area (Å²) in [5.41, 5.74) is 4.73. The standard InChI is InChI=1S/C24H25N3O3/c1-17-3-6-21(25-13-17)16-30-22-8-10-27(24(29)12-22)15-23(28)19-5-4-18-7-9-26(2)14-20(18)11-19/h3-6,8,10-13H,7,9,14-16H2,1-2H3. The second kappa shape index (κ2) is 8.63. The quantitative estimate of drug-likeness (QED) is 0.592. The van der Waals surface area contributed by atoms with Crippen LogP contribution in [0.15, 0.2) is 59.7 Å². The fourth-order valence-corrected chi connectivity index (χ4v) is 3.57. The first-order chi connectivity index (χ1) is 14.5. The highest BCUT2D eigenvalue weighted by Gasteiger charge is 2.16. The first-order valence-electron chi connectivity index (χ1n) is 10.1. The highest BCUT2D eigenvalue weighted by Crippen LogP contribution is 2.20. The molecule has 1 aliphatic rings. The number of fused-ring (bicyclic) bond motifs is 1. The summed E-state index contributed by atoms with van der Waals surface area (Å²) >= 11 is 0. The lowest BCUT2D eigenvalue weighted by atomic mass is 9.96. The monoisotopic (exact) mass is 403 g/mol. The van der Waals surface area contributed by atoms with Gasteiger partial charge in [-0.05, 0) is 55.3 Å². The van der Waals surface area contributed by atoms with Gasteiger partial charge in [0.1, 0.15) is 12.4 Å². The number of nitrogens with zero attached hydrogens (tertiary/aromatic N) is 3. The number of aromatic nitrogens is 2. The summed E-state index contributed by atoms with van der Waals surface area (Å²) in [5, 5.41) is 0. The average Bonchev–Trinajstić information content (AvgIpc) is 2.74. The maximum atomic E-state index is 12.7. The number of benzene rings is 1. The predicted octanol–water partition coefficient (Wildman–Crippen LogP) is 3.00. The lowest BCUT2D eigenvalue weighted by Crippen LogP contribution is -2.27. The van der Waals surface area contributed by atoms with E-state index in [2.05, 4.69) is 16.9 Å². The topological polar surface area (TPSA) is 64.4 Å². The summed E-state index contributed by atoms with van der Waals surface area (Å²) in [4.78, 5) is 31.7. The molecular weight excluding hydrogens is 378 g/mol. The van der Waals surface area contributed by atoms with E-state index in [9.17, 15) is 9.59 Å². The molecule has 4 rings (SSSR count). The first-order valence-corrected chi connectivity index (χ1v) is 10.1. The average molecular weight is 403 g/mol. The molecule has 6 heteroatoms. The van der Waals surface area contributed by atoms with Gasteiger partial charge in [-0.25, -0.2) is 0 Å². The molecule has 0 spiro atoms. The summed E-state index contributed by atoms with van der Waals surface area (Å²) in [6, 6.07) is 12.8. The molecule has 2 aromatic heterocycles. The zero-order valence-corrected chi connectivity index (χ0v) is 17.3. The number of ether oxygens (including phenoxy) is 1. The van der Waals surface area contributed by atoms with Gasteiger partial charge in [-0.2, -0.15) is 0 Å². The SMILES string of the molecule is Cc1ccc(COc2ccn(CC(=O)c3ccc4c(c3)CN(C)CC4)c(=O)c2)nc1. The third-order valence-corrected chi connectivity index (χ3v) is 5.37. The number of carbonyl (C=O) groups is 1. The van der Waals surface area contributed by atoms with Gasteiger partial charge in [-0.3, -0.25) is 14.6 Å². The number of hydrogen-bond acceptors (Lipinski definition) is 5. The minimum atomic E-state index is -0.268. The van der Waals surface area contributed by atoms with Crippen molar-refractivity contribution in [2.24, 2.45) is 0 Å². The number of pyridine rings is 2. The van der Waals surface area contributed by atoms with E-state index in [1.807, 2.05) is 37.3 Å². The molecule has 0 bridgehead atoms. The van der Waals surface area contributed by atoms with Crippen LogP contribution in [0.4, 0.5) is 0 Å². The molecule has 0 saturated heterocycles. The third-order valence-electron chi connectivity index (χ3n) is 5.37. The summed E-state index contributed by atoms with van der Waals surface area (Å²) in [5.74, 6) is 0.383. The lowest BCUT2D eigenvalue weighted by Gasteiger charge is -2.25. The van der Waals surface area contributed by atoms with Crippen molar-refractivity contribution in [3.63, 3.8) is 0 Å². The number of hydrogen-bond donors (Lipinski definition) is 0. The molecule has 0 atom stereocenters. The van der Waals surface area contributed by atoms with E-state index in [1.165, 1.54) is 21.8 Å². The Bertz CT molecular complexity index is 1120. The largest absolute Gasteiger partial charge is 0.487 e. The second-order valence-corrected chi connectivity index (χ2v) is 7.84. The molecule has 1 aliphatic heterocycles. The maximum absolute atomic E-state index is 12.7. The number of carbonyl (C=O) groups excluding carboxylic acids is 1. The molecule has 30 heavy (non-hydrogen) atoms. The Kier molecular flexibility index (Phi) is 5.77. The highest BCUT2D eigenvalue weighted by molar-refractivity contribution is 5.96. The second-order valence-electron chi connectivity index (χ2n) is 7.84. The van der Waals surface area contributed by atoms with Gasteiger partial charge in [0, 0.05) is 37.1 Å². The van der Waals surface area contributed by atoms with E-state index in [0.717, 1.165) is 30.8 Å². The summed E-state index contributed by atoms with van der Waals surface area (Å²) in [6.07, 6.45) is 4.38. The van der Waals surface area contributed by atoms with Crippen LogP contribution in [0.1, 0.15) is 32.7 Å². The van der Waals surface area contributed by atoms with Crippen LogP contribution in [0, 0.1) is 6.92 Å². The van der Waals surface area contributed by atoms with Crippen molar-refractivity contribution in [2.75, 3.05) is 13.6 Å². The summed E-state index contributed by atoms with van der Waals surface area (Å²) in [6.45, 7) is 4.14. The maximum Gasteiger partial charge on any atom is 0.254 e. The van der Waals surface area contributed by atoms with E-state index in [0.29, 0.717) is 11.3 Å². The van der Waals surface area contributed by atoms with Crippen LogP contribution in [-0.2, 0) is 26.1 Å². The molecule has 6 nitrogen and oxygen atoms in total. The third kappa shape index (κ3) is 4.66. The smallest absolute Gasteiger partial charge is 0.254 e. The van der Waals surface area contributed by atoms with Crippen LogP contribution >= 0.6 is 0 Å². The van der Waals surface area contributed by atoms with Crippen LogP contribution < -0.4 is 10.3 Å². The fourth-order valence-electron chi connectivity index (χ4n) is 3.57. The number of ketones is 1. The number of Topliss-reactive ketones (excluding diaryl/α,β-unsaturated/α-hetero) is 1. The Hall–Kier alpha value is -3.25. The molecule has 1 aromatic carbocycles. The Balaban J connectivity index is 1.42. The fraction of sp³-hybridized carbons (Fsp3) is 0.292. The van der Waals surface area contributed by atoms with Crippen molar-refractivity contribution in [3.8, 4) is 5.75 Å². The minimum absolute atomic E-state index is 0.00720. The van der Waals surface area contributed by atoms with Crippen LogP contribution in [0.5, 0.6) is 5.75 Å². The normalized spacial score (nSPS) is 13.7. The van der Waals surface area contributed by atoms with E-state index in [-0.39, 0.29) is 24.5 Å².